The molecule has 0 unspecified atom stereocenters. The summed E-state index contributed by atoms with van der Waals surface area (Å²) in [6.45, 7) is 13.7. The van der Waals surface area contributed by atoms with E-state index in [0.29, 0.717) is 11.5 Å². The lowest BCUT2D eigenvalue weighted by Gasteiger charge is -2.23. The summed E-state index contributed by atoms with van der Waals surface area (Å²) in [6, 6.07) is 4.82. The van der Waals surface area contributed by atoms with Crippen molar-refractivity contribution >= 4 is 11.8 Å². The lowest BCUT2D eigenvalue weighted by atomic mass is 9.91. The molecule has 0 heterocycles. The van der Waals surface area contributed by atoms with Gasteiger partial charge in [-0.15, -0.1) is 0 Å². The maximum Gasteiger partial charge on any atom is 0.122 e. The van der Waals surface area contributed by atoms with Gasteiger partial charge in [0, 0.05) is 9.79 Å². The fourth-order valence-corrected chi connectivity index (χ4v) is 9.10. The van der Waals surface area contributed by atoms with Crippen molar-refractivity contribution in [2.24, 2.45) is 0 Å². The minimum Gasteiger partial charge on any atom is -0.507 e. The first kappa shape index (κ1) is 45.5. The summed E-state index contributed by atoms with van der Waals surface area (Å²) in [5.41, 5.74) is 7.67. The van der Waals surface area contributed by atoms with Gasteiger partial charge in [-0.25, -0.2) is 0 Å². The minimum atomic E-state index is 0.608. The predicted octanol–water partition coefficient (Wildman–Crippen LogP) is 16.0. The van der Waals surface area contributed by atoms with Crippen molar-refractivity contribution < 1.29 is 10.2 Å². The van der Waals surface area contributed by atoms with Gasteiger partial charge in [0.25, 0.3) is 0 Å². The van der Waals surface area contributed by atoms with Gasteiger partial charge in [-0.05, 0) is 123 Å². The van der Waals surface area contributed by atoms with E-state index in [4.69, 9.17) is 0 Å². The molecular weight excluding hydrogens is 641 g/mol. The smallest absolute Gasteiger partial charge is 0.122 e. The topological polar surface area (TPSA) is 40.5 Å². The number of unbranched alkanes of at least 4 members (excludes halogenated alkanes) is 18. The second-order valence-electron chi connectivity index (χ2n) is 15.6. The van der Waals surface area contributed by atoms with Crippen molar-refractivity contribution in [3.63, 3.8) is 0 Å². The number of hydrogen-bond acceptors (Lipinski definition) is 3. The molecule has 0 atom stereocenters. The monoisotopic (exact) mass is 723 g/mol. The molecule has 0 bridgehead atoms. The van der Waals surface area contributed by atoms with E-state index in [1.54, 1.807) is 0 Å². The highest BCUT2D eigenvalue weighted by atomic mass is 32.2. The van der Waals surface area contributed by atoms with E-state index in [1.165, 1.54) is 172 Å². The summed E-state index contributed by atoms with van der Waals surface area (Å²) >= 11 is 2.00. The van der Waals surface area contributed by atoms with Crippen LogP contribution in [0.2, 0.25) is 0 Å². The Hall–Kier alpha value is -1.61. The molecule has 0 saturated heterocycles. The van der Waals surface area contributed by atoms with E-state index in [-0.39, 0.29) is 0 Å². The van der Waals surface area contributed by atoms with Gasteiger partial charge in [0.1, 0.15) is 11.5 Å². The Balaban J connectivity index is 2.76. The Kier molecular flexibility index (Phi) is 25.8. The van der Waals surface area contributed by atoms with Gasteiger partial charge in [-0.1, -0.05) is 169 Å². The third-order valence-corrected chi connectivity index (χ3v) is 12.2. The summed E-state index contributed by atoms with van der Waals surface area (Å²) in [4.78, 5) is 2.77. The molecule has 0 saturated carbocycles. The van der Waals surface area contributed by atoms with E-state index < -0.39 is 0 Å². The number of rotatable bonds is 32. The largest absolute Gasteiger partial charge is 0.507 e. The van der Waals surface area contributed by atoms with Gasteiger partial charge < -0.3 is 10.2 Å². The van der Waals surface area contributed by atoms with Gasteiger partial charge in [-0.2, -0.15) is 0 Å². The molecule has 0 aliphatic heterocycles. The van der Waals surface area contributed by atoms with Crippen LogP contribution in [-0.4, -0.2) is 10.2 Å². The van der Waals surface area contributed by atoms with Crippen LogP contribution in [0.5, 0.6) is 11.5 Å². The molecule has 51 heavy (non-hydrogen) atoms. The molecule has 2 N–H and O–H groups in total. The number of hydrogen-bond donors (Lipinski definition) is 2. The van der Waals surface area contributed by atoms with Crippen molar-refractivity contribution in [3.05, 3.63) is 45.5 Å². The number of aromatic hydroxyl groups is 2. The van der Waals surface area contributed by atoms with Crippen LogP contribution in [-0.2, 0) is 38.5 Å². The molecule has 2 aromatic rings. The maximum absolute atomic E-state index is 12.0. The standard InChI is InChI=1S/C48H82O2S/c1-7-13-19-25-31-39-37-45(41(33-27-21-15-9-3)43(47(39)49)35-29-23-17-11-5)51-46-38-40(32-26-20-14-8-2)48(50)44(36-30-24-18-12-6)42(46)34-28-22-16-10-4/h37-38,49-50H,7-36H2,1-6H3. The van der Waals surface area contributed by atoms with Crippen LogP contribution in [0.1, 0.15) is 229 Å². The number of benzene rings is 2. The Morgan fingerprint density at radius 3 is 0.863 bits per heavy atom. The average molecular weight is 723 g/mol. The highest BCUT2D eigenvalue weighted by molar-refractivity contribution is 7.99. The molecular formula is C48H82O2S. The molecule has 2 rings (SSSR count). The summed E-state index contributed by atoms with van der Waals surface area (Å²) in [5.74, 6) is 1.22. The molecule has 0 radical (unpaired) electrons. The van der Waals surface area contributed by atoms with Crippen molar-refractivity contribution in [1.82, 2.24) is 0 Å². The zero-order chi connectivity index (χ0) is 37.1. The second-order valence-corrected chi connectivity index (χ2v) is 16.7. The number of phenolic OH excluding ortho intramolecular Hbond substituents is 2. The Morgan fingerprint density at radius 1 is 0.333 bits per heavy atom. The van der Waals surface area contributed by atoms with Crippen molar-refractivity contribution in [2.75, 3.05) is 0 Å². The Bertz CT molecular complexity index is 1090. The first-order valence-corrected chi connectivity index (χ1v) is 23.2. The Morgan fingerprint density at radius 2 is 0.588 bits per heavy atom. The fraction of sp³-hybridized carbons (Fsp3) is 0.750. The quantitative estimate of drug-likeness (QED) is 0.0739. The number of aryl methyl sites for hydroxylation is 2. The molecule has 0 aliphatic rings. The van der Waals surface area contributed by atoms with Crippen LogP contribution >= 0.6 is 11.8 Å². The van der Waals surface area contributed by atoms with Crippen LogP contribution in [0.15, 0.2) is 21.9 Å². The Labute approximate surface area is 321 Å². The molecule has 2 nitrogen and oxygen atoms in total. The van der Waals surface area contributed by atoms with Crippen LogP contribution in [0, 0.1) is 0 Å². The first-order valence-electron chi connectivity index (χ1n) is 22.4. The second kappa shape index (κ2) is 28.8. The van der Waals surface area contributed by atoms with E-state index >= 15 is 0 Å². The third kappa shape index (κ3) is 16.9. The first-order chi connectivity index (χ1) is 25.0. The lowest BCUT2D eigenvalue weighted by Crippen LogP contribution is -2.05. The van der Waals surface area contributed by atoms with Gasteiger partial charge in [0.2, 0.25) is 0 Å². The van der Waals surface area contributed by atoms with Crippen molar-refractivity contribution in [2.45, 2.75) is 244 Å². The third-order valence-electron chi connectivity index (χ3n) is 11.1. The van der Waals surface area contributed by atoms with Crippen LogP contribution < -0.4 is 0 Å². The van der Waals surface area contributed by atoms with Gasteiger partial charge in [0.05, 0.1) is 0 Å². The molecule has 0 amide bonds. The molecule has 2 aromatic carbocycles. The summed E-state index contributed by atoms with van der Waals surface area (Å²) in [5, 5.41) is 23.9. The fourth-order valence-electron chi connectivity index (χ4n) is 7.77. The van der Waals surface area contributed by atoms with E-state index in [9.17, 15) is 10.2 Å². The van der Waals surface area contributed by atoms with Crippen molar-refractivity contribution in [3.8, 4) is 11.5 Å². The van der Waals surface area contributed by atoms with E-state index in [0.717, 1.165) is 64.2 Å². The van der Waals surface area contributed by atoms with E-state index in [2.05, 4.69) is 53.7 Å². The molecule has 0 aromatic heterocycles. The highest BCUT2D eigenvalue weighted by Gasteiger charge is 2.22. The summed E-state index contributed by atoms with van der Waals surface area (Å²) in [7, 11) is 0. The zero-order valence-corrected chi connectivity index (χ0v) is 35.5. The maximum atomic E-state index is 12.0. The molecule has 292 valence electrons. The zero-order valence-electron chi connectivity index (χ0n) is 34.7. The number of phenols is 2. The lowest BCUT2D eigenvalue weighted by molar-refractivity contribution is 0.454. The van der Waals surface area contributed by atoms with Gasteiger partial charge in [0.15, 0.2) is 0 Å². The van der Waals surface area contributed by atoms with Crippen LogP contribution in [0.25, 0.3) is 0 Å². The summed E-state index contributed by atoms with van der Waals surface area (Å²) < 4.78 is 0. The normalized spacial score (nSPS) is 11.6. The summed E-state index contributed by atoms with van der Waals surface area (Å²) in [6.07, 6.45) is 35.4. The van der Waals surface area contributed by atoms with Gasteiger partial charge in [-0.3, -0.25) is 0 Å². The SMILES string of the molecule is CCCCCCc1cc(Sc2cc(CCCCCC)c(O)c(CCCCCC)c2CCCCCC)c(CCCCCC)c(CCCCCC)c1O. The molecule has 0 spiro atoms. The van der Waals surface area contributed by atoms with Crippen molar-refractivity contribution in [1.29, 1.82) is 0 Å². The van der Waals surface area contributed by atoms with Crippen LogP contribution in [0.4, 0.5) is 0 Å². The van der Waals surface area contributed by atoms with E-state index in [1.807, 2.05) is 11.8 Å². The highest BCUT2D eigenvalue weighted by Crippen LogP contribution is 2.45. The predicted molar refractivity (Wildman–Crippen MR) is 227 cm³/mol. The minimum absolute atomic E-state index is 0.608. The molecule has 0 aliphatic carbocycles. The van der Waals surface area contributed by atoms with Crippen LogP contribution in [0.3, 0.4) is 0 Å². The molecule has 0 fully saturated rings. The van der Waals surface area contributed by atoms with Gasteiger partial charge >= 0.3 is 0 Å². The average Bonchev–Trinajstić information content (AvgIpc) is 3.13. The molecule has 3 heteroatoms.